The van der Waals surface area contributed by atoms with Gasteiger partial charge in [-0.15, -0.1) is 0 Å². The highest BCUT2D eigenvalue weighted by molar-refractivity contribution is 5.96. The van der Waals surface area contributed by atoms with Crippen LogP contribution in [0.15, 0.2) is 0 Å². The molecule has 1 fully saturated rings. The van der Waals surface area contributed by atoms with Crippen molar-refractivity contribution in [3.05, 3.63) is 0 Å². The Balaban J connectivity index is 2.49. The molecule has 3 amide bonds. The van der Waals surface area contributed by atoms with Crippen molar-refractivity contribution >= 4 is 17.7 Å². The van der Waals surface area contributed by atoms with Crippen LogP contribution in [-0.2, 0) is 9.59 Å². The normalized spacial score (nSPS) is 18.6. The van der Waals surface area contributed by atoms with Gasteiger partial charge in [0.15, 0.2) is 0 Å². The average molecular weight is 255 g/mol. The molecule has 2 N–H and O–H groups in total. The first-order chi connectivity index (χ1) is 8.45. The van der Waals surface area contributed by atoms with Crippen molar-refractivity contribution in [1.82, 2.24) is 15.5 Å². The summed E-state index contributed by atoms with van der Waals surface area (Å²) in [6.07, 6.45) is 2.73. The van der Waals surface area contributed by atoms with Crippen LogP contribution in [0, 0.1) is 0 Å². The van der Waals surface area contributed by atoms with E-state index in [1.165, 1.54) is 7.05 Å². The molecule has 0 radical (unpaired) electrons. The Hall–Kier alpha value is -1.43. The van der Waals surface area contributed by atoms with E-state index in [1.54, 1.807) is 6.92 Å². The van der Waals surface area contributed by atoms with E-state index in [-0.39, 0.29) is 18.0 Å². The number of carbonyl (C=O) groups excluding carboxylic acids is 3. The lowest BCUT2D eigenvalue weighted by Crippen LogP contribution is -2.51. The fourth-order valence-corrected chi connectivity index (χ4v) is 2.11. The summed E-state index contributed by atoms with van der Waals surface area (Å²) < 4.78 is 0. The summed E-state index contributed by atoms with van der Waals surface area (Å²) in [6, 6.07) is -0.660. The molecule has 0 aliphatic heterocycles. The summed E-state index contributed by atoms with van der Waals surface area (Å²) in [4.78, 5) is 35.9. The third kappa shape index (κ3) is 3.80. The van der Waals surface area contributed by atoms with Crippen molar-refractivity contribution in [2.24, 2.45) is 0 Å². The lowest BCUT2D eigenvalue weighted by Gasteiger charge is -2.34. The molecule has 0 spiro atoms. The quantitative estimate of drug-likeness (QED) is 0.759. The first-order valence-electron chi connectivity index (χ1n) is 6.22. The zero-order valence-electron chi connectivity index (χ0n) is 11.2. The first kappa shape index (κ1) is 14.6. The maximum absolute atomic E-state index is 11.8. The molecule has 18 heavy (non-hydrogen) atoms. The van der Waals surface area contributed by atoms with Crippen LogP contribution < -0.4 is 10.6 Å². The number of nitrogens with zero attached hydrogens (tertiary/aromatic N) is 1. The predicted molar refractivity (Wildman–Crippen MR) is 67.1 cm³/mol. The number of ketones is 1. The van der Waals surface area contributed by atoms with Gasteiger partial charge in [-0.05, 0) is 26.8 Å². The van der Waals surface area contributed by atoms with Crippen molar-refractivity contribution in [1.29, 1.82) is 0 Å². The highest BCUT2D eigenvalue weighted by Gasteiger charge is 2.28. The van der Waals surface area contributed by atoms with Crippen LogP contribution in [0.4, 0.5) is 4.79 Å². The maximum Gasteiger partial charge on any atom is 0.321 e. The Morgan fingerprint density at radius 2 is 1.89 bits per heavy atom. The van der Waals surface area contributed by atoms with Gasteiger partial charge in [0.1, 0.15) is 5.78 Å². The smallest absolute Gasteiger partial charge is 0.321 e. The van der Waals surface area contributed by atoms with Crippen molar-refractivity contribution in [3.8, 4) is 0 Å². The van der Waals surface area contributed by atoms with Gasteiger partial charge in [-0.25, -0.2) is 4.79 Å². The lowest BCUT2D eigenvalue weighted by molar-refractivity contribution is -0.126. The molecule has 1 atom stereocenters. The van der Waals surface area contributed by atoms with Crippen LogP contribution in [0.1, 0.15) is 32.6 Å². The number of hydrogen-bond acceptors (Lipinski definition) is 4. The van der Waals surface area contributed by atoms with Crippen molar-refractivity contribution in [2.45, 2.75) is 44.7 Å². The number of hydrogen-bond donors (Lipinski definition) is 2. The van der Waals surface area contributed by atoms with Crippen LogP contribution in [0.25, 0.3) is 0 Å². The summed E-state index contributed by atoms with van der Waals surface area (Å²) >= 11 is 0. The number of amides is 3. The summed E-state index contributed by atoms with van der Waals surface area (Å²) in [7, 11) is 3.32. The van der Waals surface area contributed by atoms with E-state index in [0.717, 1.165) is 12.8 Å². The van der Waals surface area contributed by atoms with Gasteiger partial charge >= 0.3 is 6.03 Å². The molecule has 0 aromatic heterocycles. The van der Waals surface area contributed by atoms with Crippen LogP contribution in [-0.4, -0.2) is 48.8 Å². The number of carbonyl (C=O) groups is 3. The van der Waals surface area contributed by atoms with Gasteiger partial charge in [-0.2, -0.15) is 0 Å². The molecule has 0 aromatic rings. The fraction of sp³-hybridized carbons (Fsp3) is 0.750. The molecule has 0 heterocycles. The van der Waals surface area contributed by atoms with Crippen molar-refractivity contribution in [3.63, 3.8) is 0 Å². The molecule has 6 nitrogen and oxygen atoms in total. The fourth-order valence-electron chi connectivity index (χ4n) is 2.11. The molecule has 1 aliphatic rings. The number of urea groups is 1. The third-order valence-corrected chi connectivity index (χ3v) is 3.54. The van der Waals surface area contributed by atoms with Gasteiger partial charge in [-0.1, -0.05) is 0 Å². The van der Waals surface area contributed by atoms with Gasteiger partial charge in [0.25, 0.3) is 0 Å². The second-order valence-corrected chi connectivity index (χ2v) is 4.68. The Kier molecular flexibility index (Phi) is 5.27. The summed E-state index contributed by atoms with van der Waals surface area (Å²) in [6.45, 7) is 1.76. The van der Waals surface area contributed by atoms with Gasteiger partial charge in [0.2, 0.25) is 5.91 Å². The van der Waals surface area contributed by atoms with E-state index in [1.807, 2.05) is 11.9 Å². The van der Waals surface area contributed by atoms with Crippen LogP contribution >= 0.6 is 0 Å². The second kappa shape index (κ2) is 6.49. The minimum absolute atomic E-state index is 0.230. The number of likely N-dealkylation sites (N-methyl/N-ethyl adjacent to an activating group) is 1. The summed E-state index contributed by atoms with van der Waals surface area (Å²) in [5.74, 6) is -0.0316. The molecule has 1 rings (SSSR count). The summed E-state index contributed by atoms with van der Waals surface area (Å²) in [5, 5.41) is 4.60. The summed E-state index contributed by atoms with van der Waals surface area (Å²) in [5.41, 5.74) is 0. The molecule has 1 unspecified atom stereocenters. The lowest BCUT2D eigenvalue weighted by atomic mass is 9.92. The highest BCUT2D eigenvalue weighted by atomic mass is 16.2. The van der Waals surface area contributed by atoms with E-state index in [4.69, 9.17) is 0 Å². The number of nitrogens with one attached hydrogen (secondary N) is 2. The zero-order valence-corrected chi connectivity index (χ0v) is 11.2. The Labute approximate surface area is 107 Å². The topological polar surface area (TPSA) is 78.5 Å². The van der Waals surface area contributed by atoms with Gasteiger partial charge in [0.05, 0.1) is 6.04 Å². The predicted octanol–water partition coefficient (Wildman–Crippen LogP) is 0.274. The van der Waals surface area contributed by atoms with Gasteiger partial charge in [0, 0.05) is 25.9 Å². The zero-order chi connectivity index (χ0) is 13.7. The first-order valence-corrected chi connectivity index (χ1v) is 6.22. The second-order valence-electron chi connectivity index (χ2n) is 4.68. The van der Waals surface area contributed by atoms with Gasteiger partial charge < -0.3 is 5.32 Å². The molecule has 0 bridgehead atoms. The largest absolute Gasteiger partial charge is 0.341 e. The molecule has 6 heteroatoms. The van der Waals surface area contributed by atoms with Gasteiger partial charge in [-0.3, -0.25) is 19.8 Å². The Bertz CT molecular complexity index is 333. The SMILES string of the molecule is CNC(=O)NC(=O)C(C)N(C)C1CCC(=O)CC1. The Morgan fingerprint density at radius 1 is 1.33 bits per heavy atom. The number of Topliss-reactive ketones (excluding diaryl/α,β-unsaturated/α-hetero) is 1. The average Bonchev–Trinajstić information content (AvgIpc) is 2.37. The Morgan fingerprint density at radius 3 is 2.39 bits per heavy atom. The van der Waals surface area contributed by atoms with E-state index >= 15 is 0 Å². The van der Waals surface area contributed by atoms with Crippen LogP contribution in [0.5, 0.6) is 0 Å². The van der Waals surface area contributed by atoms with Crippen LogP contribution in [0.2, 0.25) is 0 Å². The maximum atomic E-state index is 11.8. The van der Waals surface area contributed by atoms with E-state index < -0.39 is 6.03 Å². The van der Waals surface area contributed by atoms with E-state index in [2.05, 4.69) is 10.6 Å². The molecule has 0 saturated heterocycles. The standard InChI is InChI=1S/C12H21N3O3/c1-8(11(17)14-12(18)13-2)15(3)9-4-6-10(16)7-5-9/h8-9H,4-7H2,1-3H3,(H2,13,14,17,18). The third-order valence-electron chi connectivity index (χ3n) is 3.54. The minimum Gasteiger partial charge on any atom is -0.341 e. The molecule has 1 aliphatic carbocycles. The monoisotopic (exact) mass is 255 g/mol. The molecular weight excluding hydrogens is 234 g/mol. The molecule has 102 valence electrons. The van der Waals surface area contributed by atoms with E-state index in [0.29, 0.717) is 18.6 Å². The number of rotatable bonds is 3. The van der Waals surface area contributed by atoms with E-state index in [9.17, 15) is 14.4 Å². The molecular formula is C12H21N3O3. The van der Waals surface area contributed by atoms with Crippen molar-refractivity contribution in [2.75, 3.05) is 14.1 Å². The molecule has 1 saturated carbocycles. The molecule has 0 aromatic carbocycles. The van der Waals surface area contributed by atoms with Crippen LogP contribution in [0.3, 0.4) is 0 Å². The van der Waals surface area contributed by atoms with Crippen molar-refractivity contribution < 1.29 is 14.4 Å². The number of imide groups is 1. The minimum atomic E-state index is -0.501. The highest BCUT2D eigenvalue weighted by Crippen LogP contribution is 2.20.